The van der Waals surface area contributed by atoms with Gasteiger partial charge in [0.2, 0.25) is 0 Å². The third-order valence-electron chi connectivity index (χ3n) is 1.43. The Morgan fingerprint density at radius 2 is 2.00 bits per heavy atom. The maximum Gasteiger partial charge on any atom is 0.160 e. The van der Waals surface area contributed by atoms with Gasteiger partial charge in [0.1, 0.15) is 0 Å². The predicted molar refractivity (Wildman–Crippen MR) is 57.3 cm³/mol. The van der Waals surface area contributed by atoms with Crippen LogP contribution in [0.2, 0.25) is 10.0 Å². The highest BCUT2D eigenvalue weighted by molar-refractivity contribution is 6.35. The molecule has 0 aromatic heterocycles. The molecule has 1 aromatic rings. The van der Waals surface area contributed by atoms with Gasteiger partial charge < -0.3 is 0 Å². The molecule has 1 aromatic carbocycles. The van der Waals surface area contributed by atoms with Gasteiger partial charge in [0.05, 0.1) is 16.6 Å². The van der Waals surface area contributed by atoms with Crippen molar-refractivity contribution in [2.75, 3.05) is 6.54 Å². The minimum absolute atomic E-state index is 0.0448. The first-order chi connectivity index (χ1) is 7.15. The van der Waals surface area contributed by atoms with Crippen LogP contribution in [0.5, 0.6) is 0 Å². The number of hydrogen-bond acceptors (Lipinski definition) is 1. The lowest BCUT2D eigenvalue weighted by Gasteiger charge is -1.97. The average Bonchev–Trinajstić information content (AvgIpc) is 2.21. The smallest absolute Gasteiger partial charge is 0.160 e. The molecule has 0 saturated heterocycles. The standard InChI is InChI=1S/C9H4Cl2FN3/c10-7-4-6(2-1-3-14-15-13)5-8(11)9(7)12/h4-5H,3H2. The average molecular weight is 244 g/mol. The van der Waals surface area contributed by atoms with Crippen molar-refractivity contribution in [3.63, 3.8) is 0 Å². The van der Waals surface area contributed by atoms with Crippen LogP contribution in [-0.4, -0.2) is 6.54 Å². The Labute approximate surface area is 95.4 Å². The van der Waals surface area contributed by atoms with Gasteiger partial charge in [-0.15, -0.1) is 0 Å². The molecule has 0 fully saturated rings. The second-order valence-electron chi connectivity index (χ2n) is 2.44. The molecule has 0 amide bonds. The van der Waals surface area contributed by atoms with E-state index in [0.717, 1.165) is 0 Å². The van der Waals surface area contributed by atoms with Gasteiger partial charge in [-0.1, -0.05) is 40.2 Å². The first kappa shape index (κ1) is 11.7. The topological polar surface area (TPSA) is 48.8 Å². The minimum atomic E-state index is -0.668. The van der Waals surface area contributed by atoms with Gasteiger partial charge in [-0.2, -0.15) is 0 Å². The SMILES string of the molecule is [N-]=[N+]=NCC#Cc1cc(Cl)c(F)c(Cl)c1. The largest absolute Gasteiger partial charge is 0.204 e. The van der Waals surface area contributed by atoms with Crippen molar-refractivity contribution in [1.82, 2.24) is 0 Å². The zero-order valence-corrected chi connectivity index (χ0v) is 8.85. The van der Waals surface area contributed by atoms with Crippen LogP contribution >= 0.6 is 23.2 Å². The van der Waals surface area contributed by atoms with Gasteiger partial charge in [0.25, 0.3) is 0 Å². The van der Waals surface area contributed by atoms with E-state index in [1.54, 1.807) is 0 Å². The van der Waals surface area contributed by atoms with E-state index in [4.69, 9.17) is 28.7 Å². The fourth-order valence-corrected chi connectivity index (χ4v) is 1.32. The van der Waals surface area contributed by atoms with Gasteiger partial charge in [0, 0.05) is 10.5 Å². The molecule has 0 radical (unpaired) electrons. The summed E-state index contributed by atoms with van der Waals surface area (Å²) >= 11 is 11.1. The van der Waals surface area contributed by atoms with E-state index in [2.05, 4.69) is 21.9 Å². The van der Waals surface area contributed by atoms with Crippen LogP contribution in [0, 0.1) is 17.7 Å². The summed E-state index contributed by atoms with van der Waals surface area (Å²) < 4.78 is 13.0. The van der Waals surface area contributed by atoms with Crippen molar-refractivity contribution < 1.29 is 4.39 Å². The van der Waals surface area contributed by atoms with E-state index in [0.29, 0.717) is 5.56 Å². The van der Waals surface area contributed by atoms with Crippen LogP contribution in [-0.2, 0) is 0 Å². The normalized spacial score (nSPS) is 8.73. The van der Waals surface area contributed by atoms with E-state index in [9.17, 15) is 4.39 Å². The molecule has 3 nitrogen and oxygen atoms in total. The Bertz CT molecular complexity index is 461. The van der Waals surface area contributed by atoms with Gasteiger partial charge in [-0.05, 0) is 17.7 Å². The van der Waals surface area contributed by atoms with Crippen LogP contribution in [0.3, 0.4) is 0 Å². The summed E-state index contributed by atoms with van der Waals surface area (Å²) in [6.45, 7) is 0.0448. The number of nitrogens with zero attached hydrogens (tertiary/aromatic N) is 3. The zero-order valence-electron chi connectivity index (χ0n) is 7.34. The summed E-state index contributed by atoms with van der Waals surface area (Å²) in [5.74, 6) is 4.54. The molecule has 6 heteroatoms. The molecular weight excluding hydrogens is 240 g/mol. The first-order valence-corrected chi connectivity index (χ1v) is 4.55. The van der Waals surface area contributed by atoms with E-state index < -0.39 is 5.82 Å². The third kappa shape index (κ3) is 3.34. The van der Waals surface area contributed by atoms with Crippen molar-refractivity contribution in [2.45, 2.75) is 0 Å². The summed E-state index contributed by atoms with van der Waals surface area (Å²) in [7, 11) is 0. The van der Waals surface area contributed by atoms with Gasteiger partial charge >= 0.3 is 0 Å². The highest BCUT2D eigenvalue weighted by Gasteiger charge is 2.05. The Kier molecular flexibility index (Phi) is 4.26. The molecular formula is C9H4Cl2FN3. The van der Waals surface area contributed by atoms with Crippen LogP contribution in [0.1, 0.15) is 5.56 Å². The molecule has 0 aliphatic rings. The molecule has 0 heterocycles. The second kappa shape index (κ2) is 5.47. The Morgan fingerprint density at radius 1 is 1.40 bits per heavy atom. The fraction of sp³-hybridized carbons (Fsp3) is 0.111. The summed E-state index contributed by atoms with van der Waals surface area (Å²) in [4.78, 5) is 2.53. The Hall–Kier alpha value is -1.40. The van der Waals surface area contributed by atoms with E-state index in [1.807, 2.05) is 0 Å². The molecule has 1 rings (SSSR count). The summed E-state index contributed by atoms with van der Waals surface area (Å²) in [6.07, 6.45) is 0. The lowest BCUT2D eigenvalue weighted by molar-refractivity contribution is 0.628. The van der Waals surface area contributed by atoms with Crippen LogP contribution in [0.25, 0.3) is 10.4 Å². The quantitative estimate of drug-likeness (QED) is 0.237. The molecule has 0 aliphatic carbocycles. The molecule has 0 spiro atoms. The molecule has 0 N–H and O–H groups in total. The van der Waals surface area contributed by atoms with Gasteiger partial charge in [0.15, 0.2) is 5.82 Å². The van der Waals surface area contributed by atoms with Gasteiger partial charge in [-0.25, -0.2) is 4.39 Å². The maximum atomic E-state index is 13.0. The molecule has 0 atom stereocenters. The zero-order chi connectivity index (χ0) is 11.3. The number of benzene rings is 1. The number of halogens is 3. The second-order valence-corrected chi connectivity index (χ2v) is 3.26. The minimum Gasteiger partial charge on any atom is -0.204 e. The van der Waals surface area contributed by atoms with E-state index in [1.165, 1.54) is 12.1 Å². The highest BCUT2D eigenvalue weighted by atomic mass is 35.5. The predicted octanol–water partition coefficient (Wildman–Crippen LogP) is 3.79. The van der Waals surface area contributed by atoms with Crippen molar-refractivity contribution in [1.29, 1.82) is 0 Å². The summed E-state index contributed by atoms with van der Waals surface area (Å²) in [5.41, 5.74) is 8.46. The van der Waals surface area contributed by atoms with Crippen molar-refractivity contribution >= 4 is 23.2 Å². The van der Waals surface area contributed by atoms with Crippen molar-refractivity contribution in [2.24, 2.45) is 5.11 Å². The molecule has 0 unspecified atom stereocenters. The fourth-order valence-electron chi connectivity index (χ4n) is 0.836. The lowest BCUT2D eigenvalue weighted by Crippen LogP contribution is -1.83. The Balaban J connectivity index is 2.95. The molecule has 76 valence electrons. The number of hydrogen-bond donors (Lipinski definition) is 0. The number of rotatable bonds is 1. The van der Waals surface area contributed by atoms with Crippen LogP contribution < -0.4 is 0 Å². The van der Waals surface area contributed by atoms with E-state index in [-0.39, 0.29) is 16.6 Å². The molecule has 15 heavy (non-hydrogen) atoms. The van der Waals surface area contributed by atoms with Crippen molar-refractivity contribution in [3.05, 3.63) is 44.0 Å². The first-order valence-electron chi connectivity index (χ1n) is 3.79. The highest BCUT2D eigenvalue weighted by Crippen LogP contribution is 2.24. The summed E-state index contributed by atoms with van der Waals surface area (Å²) in [5, 5.41) is 3.04. The molecule has 0 saturated carbocycles. The monoisotopic (exact) mass is 243 g/mol. The van der Waals surface area contributed by atoms with E-state index >= 15 is 0 Å². The molecule has 0 aliphatic heterocycles. The Morgan fingerprint density at radius 3 is 2.53 bits per heavy atom. The van der Waals surface area contributed by atoms with Crippen LogP contribution in [0.15, 0.2) is 17.2 Å². The maximum absolute atomic E-state index is 13.0. The third-order valence-corrected chi connectivity index (χ3v) is 1.98. The van der Waals surface area contributed by atoms with Crippen LogP contribution in [0.4, 0.5) is 4.39 Å². The summed E-state index contributed by atoms with van der Waals surface area (Å²) in [6, 6.07) is 2.71. The van der Waals surface area contributed by atoms with Crippen molar-refractivity contribution in [3.8, 4) is 11.8 Å². The number of azide groups is 1. The molecule has 0 bridgehead atoms. The van der Waals surface area contributed by atoms with Gasteiger partial charge in [-0.3, -0.25) is 0 Å². The lowest BCUT2D eigenvalue weighted by atomic mass is 10.2.